The van der Waals surface area contributed by atoms with Crippen molar-refractivity contribution in [1.29, 1.82) is 0 Å². The van der Waals surface area contributed by atoms with Gasteiger partial charge in [0.25, 0.3) is 0 Å². The fraction of sp³-hybridized carbons (Fsp3) is 0.571. The summed E-state index contributed by atoms with van der Waals surface area (Å²) in [5, 5.41) is 3.46. The zero-order valence-electron chi connectivity index (χ0n) is 16.2. The number of ether oxygens (including phenoxy) is 1. The van der Waals surface area contributed by atoms with Crippen LogP contribution < -0.4 is 10.1 Å². The van der Waals surface area contributed by atoms with Gasteiger partial charge >= 0.3 is 0 Å². The van der Waals surface area contributed by atoms with Gasteiger partial charge in [-0.05, 0) is 38.0 Å². The Morgan fingerprint density at radius 2 is 2.00 bits per heavy atom. The number of oxazole rings is 1. The van der Waals surface area contributed by atoms with Crippen LogP contribution in [0.15, 0.2) is 28.9 Å². The number of benzene rings is 1. The average molecular weight is 362 g/mol. The van der Waals surface area contributed by atoms with E-state index in [0.29, 0.717) is 30.6 Å². The van der Waals surface area contributed by atoms with E-state index < -0.39 is 0 Å². The van der Waals surface area contributed by atoms with E-state index in [1.165, 1.54) is 25.3 Å². The molecule has 0 amide bonds. The molecule has 0 saturated heterocycles. The highest BCUT2D eigenvalue weighted by Gasteiger charge is 2.11. The van der Waals surface area contributed by atoms with Gasteiger partial charge in [0.1, 0.15) is 6.26 Å². The van der Waals surface area contributed by atoms with E-state index in [1.807, 2.05) is 0 Å². The van der Waals surface area contributed by atoms with E-state index in [-0.39, 0.29) is 11.6 Å². The topological polar surface area (TPSA) is 47.3 Å². The molecule has 1 atom stereocenters. The van der Waals surface area contributed by atoms with Crippen LogP contribution in [0.25, 0.3) is 11.5 Å². The molecule has 5 heteroatoms. The molecule has 1 aromatic heterocycles. The average Bonchev–Trinajstić information content (AvgIpc) is 3.11. The minimum Gasteiger partial charge on any atom is -0.491 e. The lowest BCUT2D eigenvalue weighted by molar-refractivity contribution is 0.294. The van der Waals surface area contributed by atoms with Crippen molar-refractivity contribution in [3.05, 3.63) is 36.0 Å². The Kier molecular flexibility index (Phi) is 8.62. The first-order chi connectivity index (χ1) is 12.6. The number of nitrogens with one attached hydrogen (secondary N) is 1. The number of hydrogen-bond donors (Lipinski definition) is 1. The smallest absolute Gasteiger partial charge is 0.226 e. The lowest BCUT2D eigenvalue weighted by atomic mass is 10.1. The second-order valence-corrected chi connectivity index (χ2v) is 6.77. The molecule has 0 aliphatic rings. The number of halogens is 1. The van der Waals surface area contributed by atoms with Gasteiger partial charge < -0.3 is 14.5 Å². The fourth-order valence-corrected chi connectivity index (χ4v) is 2.68. The molecule has 1 unspecified atom stereocenters. The van der Waals surface area contributed by atoms with E-state index in [9.17, 15) is 4.39 Å². The molecule has 1 aromatic carbocycles. The maximum Gasteiger partial charge on any atom is 0.226 e. The van der Waals surface area contributed by atoms with Crippen molar-refractivity contribution in [2.45, 2.75) is 71.9 Å². The Morgan fingerprint density at radius 1 is 1.19 bits per heavy atom. The Morgan fingerprint density at radius 3 is 2.73 bits per heavy atom. The van der Waals surface area contributed by atoms with Gasteiger partial charge in [-0.2, -0.15) is 0 Å². The summed E-state index contributed by atoms with van der Waals surface area (Å²) in [6.45, 7) is 7.64. The van der Waals surface area contributed by atoms with Crippen molar-refractivity contribution in [2.75, 3.05) is 6.61 Å². The second kappa shape index (κ2) is 11.0. The lowest BCUT2D eigenvalue weighted by Gasteiger charge is -2.11. The van der Waals surface area contributed by atoms with Crippen LogP contribution in [0.1, 0.15) is 65.0 Å². The molecule has 2 rings (SSSR count). The van der Waals surface area contributed by atoms with Crippen LogP contribution in [0.5, 0.6) is 5.75 Å². The molecule has 4 nitrogen and oxygen atoms in total. The highest BCUT2D eigenvalue weighted by atomic mass is 19.1. The number of hydrogen-bond acceptors (Lipinski definition) is 4. The summed E-state index contributed by atoms with van der Waals surface area (Å²) in [6.07, 6.45) is 8.45. The molecule has 1 heterocycles. The van der Waals surface area contributed by atoms with Gasteiger partial charge in [-0.15, -0.1) is 0 Å². The molecule has 0 saturated carbocycles. The van der Waals surface area contributed by atoms with Gasteiger partial charge in [0.2, 0.25) is 5.89 Å². The van der Waals surface area contributed by atoms with Crippen LogP contribution in [0.2, 0.25) is 0 Å². The molecule has 144 valence electrons. The molecule has 2 aromatic rings. The van der Waals surface area contributed by atoms with Crippen molar-refractivity contribution in [2.24, 2.45) is 0 Å². The van der Waals surface area contributed by atoms with Crippen molar-refractivity contribution >= 4 is 0 Å². The summed E-state index contributed by atoms with van der Waals surface area (Å²) in [6, 6.07) is 5.27. The minimum atomic E-state index is -0.388. The molecular formula is C21H31FN2O2. The Bertz CT molecular complexity index is 657. The molecule has 26 heavy (non-hydrogen) atoms. The van der Waals surface area contributed by atoms with E-state index in [1.54, 1.807) is 18.4 Å². The SMILES string of the molecule is CCCCCC(C)NCc1coc(-c2ccc(OCCCC)c(F)c2)n1. The number of aromatic nitrogens is 1. The molecule has 0 radical (unpaired) electrons. The summed E-state index contributed by atoms with van der Waals surface area (Å²) in [7, 11) is 0. The van der Waals surface area contributed by atoms with Crippen LogP contribution in [-0.2, 0) is 6.54 Å². The summed E-state index contributed by atoms with van der Waals surface area (Å²) < 4.78 is 25.1. The first-order valence-corrected chi connectivity index (χ1v) is 9.74. The van der Waals surface area contributed by atoms with Crippen molar-refractivity contribution in [3.63, 3.8) is 0 Å². The predicted molar refractivity (Wildman–Crippen MR) is 103 cm³/mol. The van der Waals surface area contributed by atoms with Crippen LogP contribution in [-0.4, -0.2) is 17.6 Å². The van der Waals surface area contributed by atoms with E-state index in [2.05, 4.69) is 31.1 Å². The van der Waals surface area contributed by atoms with Gasteiger partial charge in [0, 0.05) is 18.2 Å². The Labute approximate surface area is 156 Å². The van der Waals surface area contributed by atoms with E-state index in [4.69, 9.17) is 9.15 Å². The van der Waals surface area contributed by atoms with E-state index >= 15 is 0 Å². The third kappa shape index (κ3) is 6.45. The summed E-state index contributed by atoms with van der Waals surface area (Å²) in [5.74, 6) is 0.317. The third-order valence-electron chi connectivity index (χ3n) is 4.36. The van der Waals surface area contributed by atoms with Crippen LogP contribution >= 0.6 is 0 Å². The van der Waals surface area contributed by atoms with Crippen molar-refractivity contribution in [1.82, 2.24) is 10.3 Å². The number of rotatable bonds is 12. The van der Waals surface area contributed by atoms with E-state index in [0.717, 1.165) is 25.0 Å². The maximum absolute atomic E-state index is 14.2. The molecule has 0 spiro atoms. The Hall–Kier alpha value is -1.88. The number of unbranched alkanes of at least 4 members (excludes halogenated alkanes) is 3. The van der Waals surface area contributed by atoms with Crippen LogP contribution in [0, 0.1) is 5.82 Å². The minimum absolute atomic E-state index is 0.275. The normalized spacial score (nSPS) is 12.3. The molecule has 1 N–H and O–H groups in total. The van der Waals surface area contributed by atoms with Crippen molar-refractivity contribution < 1.29 is 13.5 Å². The van der Waals surface area contributed by atoms with Gasteiger partial charge in [0.15, 0.2) is 11.6 Å². The Balaban J connectivity index is 1.89. The predicted octanol–water partition coefficient (Wildman–Crippen LogP) is 5.72. The zero-order valence-corrected chi connectivity index (χ0v) is 16.2. The third-order valence-corrected chi connectivity index (χ3v) is 4.36. The lowest BCUT2D eigenvalue weighted by Crippen LogP contribution is -2.25. The van der Waals surface area contributed by atoms with Crippen molar-refractivity contribution in [3.8, 4) is 17.2 Å². The first-order valence-electron chi connectivity index (χ1n) is 9.74. The van der Waals surface area contributed by atoms with Gasteiger partial charge in [-0.1, -0.05) is 39.5 Å². The zero-order chi connectivity index (χ0) is 18.8. The van der Waals surface area contributed by atoms with Crippen LogP contribution in [0.4, 0.5) is 4.39 Å². The molecule has 0 fully saturated rings. The molecular weight excluding hydrogens is 331 g/mol. The first kappa shape index (κ1) is 20.4. The van der Waals surface area contributed by atoms with Gasteiger partial charge in [-0.25, -0.2) is 9.37 Å². The standard InChI is InChI=1S/C21H31FN2O2/c1-4-6-8-9-16(3)23-14-18-15-26-21(24-18)17-10-11-20(19(22)13-17)25-12-7-5-2/h10-11,13,15-16,23H,4-9,12,14H2,1-3H3. The summed E-state index contributed by atoms with van der Waals surface area (Å²) >= 11 is 0. The molecule has 0 aliphatic carbocycles. The highest BCUT2D eigenvalue weighted by molar-refractivity contribution is 5.55. The second-order valence-electron chi connectivity index (χ2n) is 6.77. The summed E-state index contributed by atoms with van der Waals surface area (Å²) in [5.41, 5.74) is 1.44. The highest BCUT2D eigenvalue weighted by Crippen LogP contribution is 2.25. The quantitative estimate of drug-likeness (QED) is 0.491. The fourth-order valence-electron chi connectivity index (χ4n) is 2.68. The largest absolute Gasteiger partial charge is 0.491 e. The summed E-state index contributed by atoms with van der Waals surface area (Å²) in [4.78, 5) is 4.46. The molecule has 0 bridgehead atoms. The number of nitrogens with zero attached hydrogens (tertiary/aromatic N) is 1. The monoisotopic (exact) mass is 362 g/mol. The van der Waals surface area contributed by atoms with Gasteiger partial charge in [0.05, 0.1) is 12.3 Å². The van der Waals surface area contributed by atoms with Crippen LogP contribution in [0.3, 0.4) is 0 Å². The van der Waals surface area contributed by atoms with Gasteiger partial charge in [-0.3, -0.25) is 0 Å². The molecule has 0 aliphatic heterocycles. The maximum atomic E-state index is 14.2.